The molecule has 2 N–H and O–H groups in total. The number of alkyl halides is 3. The molecule has 0 saturated heterocycles. The summed E-state index contributed by atoms with van der Waals surface area (Å²) in [6.07, 6.45) is -1.20. The summed E-state index contributed by atoms with van der Waals surface area (Å²) >= 11 is 0. The van der Waals surface area contributed by atoms with Gasteiger partial charge in [0, 0.05) is 18.9 Å². The molecule has 4 nitrogen and oxygen atoms in total. The fourth-order valence-corrected chi connectivity index (χ4v) is 2.17. The van der Waals surface area contributed by atoms with E-state index >= 15 is 0 Å². The van der Waals surface area contributed by atoms with Gasteiger partial charge in [0.2, 0.25) is 0 Å². The van der Waals surface area contributed by atoms with Crippen molar-refractivity contribution in [1.29, 1.82) is 0 Å². The number of pyridine rings is 1. The second-order valence-electron chi connectivity index (χ2n) is 5.87. The molecule has 7 heteroatoms. The Morgan fingerprint density at radius 2 is 1.71 bits per heavy atom. The molecule has 2 rings (SSSR count). The maximum absolute atomic E-state index is 12.8. The molecule has 0 aliphatic rings. The van der Waals surface area contributed by atoms with Gasteiger partial charge in [0.25, 0.3) is 0 Å². The average molecular weight is 337 g/mol. The minimum absolute atomic E-state index is 0.299. The lowest BCUT2D eigenvalue weighted by molar-refractivity contribution is -0.137. The Balaban J connectivity index is 2.03. The molecule has 0 fully saturated rings. The van der Waals surface area contributed by atoms with Crippen molar-refractivity contribution in [1.82, 2.24) is 15.6 Å². The van der Waals surface area contributed by atoms with Gasteiger partial charge in [-0.1, -0.05) is 12.1 Å². The lowest BCUT2D eigenvalue weighted by Gasteiger charge is -2.27. The van der Waals surface area contributed by atoms with Gasteiger partial charge in [0.15, 0.2) is 0 Å². The van der Waals surface area contributed by atoms with Crippen LogP contribution < -0.4 is 10.6 Å². The van der Waals surface area contributed by atoms with Crippen LogP contribution in [0, 0.1) is 0 Å². The van der Waals surface area contributed by atoms with Crippen LogP contribution in [0.1, 0.15) is 30.5 Å². The summed E-state index contributed by atoms with van der Waals surface area (Å²) in [5, 5.41) is 5.36. The molecule has 0 atom stereocenters. The van der Waals surface area contributed by atoms with E-state index in [1.54, 1.807) is 44.4 Å². The first-order chi connectivity index (χ1) is 11.2. The highest BCUT2D eigenvalue weighted by molar-refractivity contribution is 5.75. The van der Waals surface area contributed by atoms with Crippen LogP contribution in [-0.4, -0.2) is 11.0 Å². The van der Waals surface area contributed by atoms with Crippen LogP contribution in [0.4, 0.5) is 18.0 Å². The molecular formula is C17H18F3N3O. The van der Waals surface area contributed by atoms with Crippen molar-refractivity contribution in [2.24, 2.45) is 0 Å². The molecule has 128 valence electrons. The Morgan fingerprint density at radius 1 is 1.08 bits per heavy atom. The predicted octanol–water partition coefficient (Wildman–Crippen LogP) is 3.83. The van der Waals surface area contributed by atoms with Gasteiger partial charge in [-0.15, -0.1) is 0 Å². The topological polar surface area (TPSA) is 54.0 Å². The average Bonchev–Trinajstić information content (AvgIpc) is 2.53. The van der Waals surface area contributed by atoms with E-state index in [2.05, 4.69) is 15.6 Å². The van der Waals surface area contributed by atoms with Gasteiger partial charge in [0.05, 0.1) is 11.1 Å². The van der Waals surface area contributed by atoms with Gasteiger partial charge < -0.3 is 10.6 Å². The van der Waals surface area contributed by atoms with E-state index in [4.69, 9.17) is 0 Å². The highest BCUT2D eigenvalue weighted by atomic mass is 19.4. The lowest BCUT2D eigenvalue weighted by Crippen LogP contribution is -2.46. The molecular weight excluding hydrogens is 319 g/mol. The van der Waals surface area contributed by atoms with Crippen molar-refractivity contribution in [3.05, 3.63) is 65.5 Å². The fraction of sp³-hybridized carbons (Fsp3) is 0.294. The third-order valence-corrected chi connectivity index (χ3v) is 3.54. The normalized spacial score (nSPS) is 11.9. The van der Waals surface area contributed by atoms with E-state index in [-0.39, 0.29) is 0 Å². The number of amides is 2. The third-order valence-electron chi connectivity index (χ3n) is 3.54. The molecule has 2 aromatic rings. The Kier molecular flexibility index (Phi) is 5.11. The number of benzene rings is 1. The number of carbonyl (C=O) groups is 1. The molecule has 0 saturated carbocycles. The summed E-state index contributed by atoms with van der Waals surface area (Å²) in [6.45, 7) is 3.59. The highest BCUT2D eigenvalue weighted by Gasteiger charge is 2.32. The lowest BCUT2D eigenvalue weighted by atomic mass is 9.93. The monoisotopic (exact) mass is 337 g/mol. The number of hydrogen-bond donors (Lipinski definition) is 2. The van der Waals surface area contributed by atoms with E-state index in [1.165, 1.54) is 6.07 Å². The van der Waals surface area contributed by atoms with Crippen LogP contribution in [0.2, 0.25) is 0 Å². The summed E-state index contributed by atoms with van der Waals surface area (Å²) in [6, 6.07) is 7.99. The first-order valence-electron chi connectivity index (χ1n) is 7.31. The van der Waals surface area contributed by atoms with E-state index < -0.39 is 23.3 Å². The summed E-state index contributed by atoms with van der Waals surface area (Å²) in [4.78, 5) is 15.9. The van der Waals surface area contributed by atoms with Crippen LogP contribution in [0.5, 0.6) is 0 Å². The number of aromatic nitrogens is 1. The summed E-state index contributed by atoms with van der Waals surface area (Å²) in [5.41, 5.74) is -0.454. The molecule has 1 aromatic heterocycles. The Bertz CT molecular complexity index is 700. The summed E-state index contributed by atoms with van der Waals surface area (Å²) in [7, 11) is 0. The second kappa shape index (κ2) is 6.90. The van der Waals surface area contributed by atoms with Crippen molar-refractivity contribution < 1.29 is 18.0 Å². The van der Waals surface area contributed by atoms with Crippen LogP contribution in [0.25, 0.3) is 0 Å². The fourth-order valence-electron chi connectivity index (χ4n) is 2.17. The van der Waals surface area contributed by atoms with Gasteiger partial charge in [-0.05, 0) is 49.2 Å². The Morgan fingerprint density at radius 3 is 2.33 bits per heavy atom. The van der Waals surface area contributed by atoms with E-state index in [0.29, 0.717) is 12.1 Å². The maximum atomic E-state index is 12.8. The molecule has 0 aliphatic heterocycles. The molecule has 0 radical (unpaired) electrons. The molecule has 1 heterocycles. The SMILES string of the molecule is CC(C)(NC(=O)NCc1ccncc1)c1cccc(C(F)(F)F)c1. The van der Waals surface area contributed by atoms with E-state index in [1.807, 2.05) is 0 Å². The van der Waals surface area contributed by atoms with Crippen molar-refractivity contribution in [3.8, 4) is 0 Å². The number of nitrogens with zero attached hydrogens (tertiary/aromatic N) is 1. The van der Waals surface area contributed by atoms with Gasteiger partial charge in [0.1, 0.15) is 0 Å². The standard InChI is InChI=1S/C17H18F3N3O/c1-16(2,13-4-3-5-14(10-13)17(18,19)20)23-15(24)22-11-12-6-8-21-9-7-12/h3-10H,11H2,1-2H3,(H2,22,23,24). The highest BCUT2D eigenvalue weighted by Crippen LogP contribution is 2.31. The third kappa shape index (κ3) is 4.71. The molecule has 2 amide bonds. The molecule has 0 bridgehead atoms. The first-order valence-corrected chi connectivity index (χ1v) is 7.31. The van der Waals surface area contributed by atoms with Crippen molar-refractivity contribution in [2.75, 3.05) is 0 Å². The minimum Gasteiger partial charge on any atom is -0.334 e. The molecule has 1 aromatic carbocycles. The zero-order chi connectivity index (χ0) is 17.8. The number of hydrogen-bond acceptors (Lipinski definition) is 2. The number of nitrogens with one attached hydrogen (secondary N) is 2. The van der Waals surface area contributed by atoms with Crippen molar-refractivity contribution in [3.63, 3.8) is 0 Å². The van der Waals surface area contributed by atoms with Gasteiger partial charge in [-0.25, -0.2) is 4.79 Å². The number of carbonyl (C=O) groups excluding carboxylic acids is 1. The van der Waals surface area contributed by atoms with Crippen LogP contribution in [0.3, 0.4) is 0 Å². The smallest absolute Gasteiger partial charge is 0.334 e. The van der Waals surface area contributed by atoms with E-state index in [9.17, 15) is 18.0 Å². The van der Waals surface area contributed by atoms with E-state index in [0.717, 1.165) is 17.7 Å². The van der Waals surface area contributed by atoms with Crippen LogP contribution in [-0.2, 0) is 18.3 Å². The first kappa shape index (κ1) is 17.8. The molecule has 0 unspecified atom stereocenters. The number of rotatable bonds is 4. The summed E-state index contributed by atoms with van der Waals surface area (Å²) < 4.78 is 38.5. The zero-order valence-electron chi connectivity index (χ0n) is 13.3. The second-order valence-corrected chi connectivity index (χ2v) is 5.87. The molecule has 0 spiro atoms. The predicted molar refractivity (Wildman–Crippen MR) is 84.1 cm³/mol. The Labute approximate surface area is 138 Å². The quantitative estimate of drug-likeness (QED) is 0.891. The largest absolute Gasteiger partial charge is 0.416 e. The van der Waals surface area contributed by atoms with Crippen molar-refractivity contribution in [2.45, 2.75) is 32.1 Å². The maximum Gasteiger partial charge on any atom is 0.416 e. The zero-order valence-corrected chi connectivity index (χ0v) is 13.3. The summed E-state index contributed by atoms with van der Waals surface area (Å²) in [5.74, 6) is 0. The number of urea groups is 1. The molecule has 24 heavy (non-hydrogen) atoms. The van der Waals surface area contributed by atoms with Gasteiger partial charge >= 0.3 is 12.2 Å². The Hall–Kier alpha value is -2.57. The van der Waals surface area contributed by atoms with Crippen LogP contribution >= 0.6 is 0 Å². The molecule has 0 aliphatic carbocycles. The van der Waals surface area contributed by atoms with Gasteiger partial charge in [-0.2, -0.15) is 13.2 Å². The van der Waals surface area contributed by atoms with Crippen LogP contribution in [0.15, 0.2) is 48.8 Å². The number of halogens is 3. The van der Waals surface area contributed by atoms with Gasteiger partial charge in [-0.3, -0.25) is 4.98 Å². The van der Waals surface area contributed by atoms with Crippen molar-refractivity contribution >= 4 is 6.03 Å². The minimum atomic E-state index is -4.42.